The molecule has 0 bridgehead atoms. The first-order valence-corrected chi connectivity index (χ1v) is 7.94. The largest absolute Gasteiger partial charge is 0.385 e. The van der Waals surface area contributed by atoms with Crippen molar-refractivity contribution in [3.63, 3.8) is 0 Å². The molecule has 0 aromatic heterocycles. The summed E-state index contributed by atoms with van der Waals surface area (Å²) in [4.78, 5) is 14.7. The minimum Gasteiger partial charge on any atom is -0.385 e. The average molecular weight is 289 g/mol. The summed E-state index contributed by atoms with van der Waals surface area (Å²) in [5.41, 5.74) is 2.86. The summed E-state index contributed by atoms with van der Waals surface area (Å²) < 4.78 is 0. The Morgan fingerprint density at radius 2 is 2.19 bits per heavy atom. The normalized spacial score (nSPS) is 19.3. The highest BCUT2D eigenvalue weighted by atomic mass is 16.1. The van der Waals surface area contributed by atoms with Crippen LogP contribution in [0, 0.1) is 6.92 Å². The van der Waals surface area contributed by atoms with Gasteiger partial charge < -0.3 is 15.5 Å². The van der Waals surface area contributed by atoms with Crippen LogP contribution in [0.3, 0.4) is 0 Å². The first-order chi connectivity index (χ1) is 10.1. The molecule has 1 aliphatic heterocycles. The second-order valence-corrected chi connectivity index (χ2v) is 5.90. The molecule has 1 saturated heterocycles. The quantitative estimate of drug-likeness (QED) is 0.876. The van der Waals surface area contributed by atoms with Crippen LogP contribution in [0.4, 0.5) is 5.69 Å². The molecule has 2 N–H and O–H groups in total. The second-order valence-electron chi connectivity index (χ2n) is 5.90. The Hall–Kier alpha value is -1.55. The minimum atomic E-state index is 0.0366. The van der Waals surface area contributed by atoms with Gasteiger partial charge in [-0.05, 0) is 64.0 Å². The van der Waals surface area contributed by atoms with Gasteiger partial charge in [0.2, 0.25) is 0 Å². The SMILES string of the molecule is CCNc1ccc(C(=O)NCC2CCCCN2C)c(C)c1. The molecule has 4 heteroatoms. The third-order valence-corrected chi connectivity index (χ3v) is 4.27. The number of benzene rings is 1. The molecule has 0 saturated carbocycles. The van der Waals surface area contributed by atoms with Gasteiger partial charge >= 0.3 is 0 Å². The third-order valence-electron chi connectivity index (χ3n) is 4.27. The lowest BCUT2D eigenvalue weighted by Crippen LogP contribution is -2.44. The Bertz CT molecular complexity index is 487. The number of amides is 1. The van der Waals surface area contributed by atoms with E-state index in [2.05, 4.69) is 29.5 Å². The van der Waals surface area contributed by atoms with E-state index in [0.29, 0.717) is 6.04 Å². The summed E-state index contributed by atoms with van der Waals surface area (Å²) in [6, 6.07) is 6.39. The highest BCUT2D eigenvalue weighted by molar-refractivity contribution is 5.96. The Labute approximate surface area is 127 Å². The monoisotopic (exact) mass is 289 g/mol. The standard InChI is InChI=1S/C17H27N3O/c1-4-18-14-8-9-16(13(2)11-14)17(21)19-12-15-7-5-6-10-20(15)3/h8-9,11,15,18H,4-7,10,12H2,1-3H3,(H,19,21). The maximum Gasteiger partial charge on any atom is 0.251 e. The Morgan fingerprint density at radius 1 is 1.38 bits per heavy atom. The lowest BCUT2D eigenvalue weighted by atomic mass is 10.0. The number of nitrogens with one attached hydrogen (secondary N) is 2. The summed E-state index contributed by atoms with van der Waals surface area (Å²) in [5, 5.41) is 6.36. The van der Waals surface area contributed by atoms with Gasteiger partial charge in [0, 0.05) is 30.4 Å². The number of piperidine rings is 1. The Kier molecular flexibility index (Phi) is 5.62. The van der Waals surface area contributed by atoms with Crippen molar-refractivity contribution < 1.29 is 4.79 Å². The molecule has 0 radical (unpaired) electrons. The molecule has 116 valence electrons. The zero-order valence-corrected chi connectivity index (χ0v) is 13.4. The van der Waals surface area contributed by atoms with Crippen LogP contribution in [0.5, 0.6) is 0 Å². The van der Waals surface area contributed by atoms with E-state index in [9.17, 15) is 4.79 Å². The molecule has 1 aromatic carbocycles. The summed E-state index contributed by atoms with van der Waals surface area (Å²) >= 11 is 0. The van der Waals surface area contributed by atoms with E-state index in [1.165, 1.54) is 19.3 Å². The van der Waals surface area contributed by atoms with E-state index in [4.69, 9.17) is 0 Å². The van der Waals surface area contributed by atoms with E-state index < -0.39 is 0 Å². The smallest absolute Gasteiger partial charge is 0.251 e. The van der Waals surface area contributed by atoms with Crippen molar-refractivity contribution in [3.05, 3.63) is 29.3 Å². The molecule has 4 nitrogen and oxygen atoms in total. The molecule has 1 fully saturated rings. The van der Waals surface area contributed by atoms with Gasteiger partial charge in [-0.25, -0.2) is 0 Å². The van der Waals surface area contributed by atoms with Crippen LogP contribution in [-0.4, -0.2) is 43.5 Å². The molecular formula is C17H27N3O. The van der Waals surface area contributed by atoms with Crippen LogP contribution in [0.1, 0.15) is 42.1 Å². The zero-order chi connectivity index (χ0) is 15.2. The molecule has 2 rings (SSSR count). The highest BCUT2D eigenvalue weighted by Crippen LogP contribution is 2.16. The maximum absolute atomic E-state index is 12.3. The first kappa shape index (κ1) is 15.8. The topological polar surface area (TPSA) is 44.4 Å². The summed E-state index contributed by atoms with van der Waals surface area (Å²) in [5.74, 6) is 0.0366. The summed E-state index contributed by atoms with van der Waals surface area (Å²) in [6.45, 7) is 6.82. The molecule has 1 atom stereocenters. The number of hydrogen-bond donors (Lipinski definition) is 2. The second kappa shape index (κ2) is 7.46. The fraction of sp³-hybridized carbons (Fsp3) is 0.588. The third kappa shape index (κ3) is 4.21. The van der Waals surface area contributed by atoms with Gasteiger partial charge in [-0.3, -0.25) is 4.79 Å². The van der Waals surface area contributed by atoms with Crippen LogP contribution in [-0.2, 0) is 0 Å². The Morgan fingerprint density at radius 3 is 2.86 bits per heavy atom. The molecule has 21 heavy (non-hydrogen) atoms. The van der Waals surface area contributed by atoms with Crippen molar-refractivity contribution >= 4 is 11.6 Å². The van der Waals surface area contributed by atoms with Crippen molar-refractivity contribution in [3.8, 4) is 0 Å². The molecule has 1 amide bonds. The van der Waals surface area contributed by atoms with E-state index in [-0.39, 0.29) is 5.91 Å². The number of likely N-dealkylation sites (N-methyl/N-ethyl adjacent to an activating group) is 1. The number of anilines is 1. The number of nitrogens with zero attached hydrogens (tertiary/aromatic N) is 1. The van der Waals surface area contributed by atoms with E-state index >= 15 is 0 Å². The molecule has 1 unspecified atom stereocenters. The zero-order valence-electron chi connectivity index (χ0n) is 13.4. The van der Waals surface area contributed by atoms with Gasteiger partial charge in [0.25, 0.3) is 5.91 Å². The van der Waals surface area contributed by atoms with Crippen molar-refractivity contribution in [2.75, 3.05) is 32.0 Å². The molecule has 1 aliphatic rings. The number of aryl methyl sites for hydroxylation is 1. The lowest BCUT2D eigenvalue weighted by molar-refractivity contribution is 0.0928. The predicted molar refractivity (Wildman–Crippen MR) is 87.9 cm³/mol. The molecule has 0 aliphatic carbocycles. The van der Waals surface area contributed by atoms with Crippen LogP contribution in [0.25, 0.3) is 0 Å². The van der Waals surface area contributed by atoms with Crippen molar-refractivity contribution in [1.29, 1.82) is 0 Å². The van der Waals surface area contributed by atoms with Crippen LogP contribution in [0.15, 0.2) is 18.2 Å². The van der Waals surface area contributed by atoms with Gasteiger partial charge in [0.05, 0.1) is 0 Å². The number of likely N-dealkylation sites (tertiary alicyclic amines) is 1. The fourth-order valence-electron chi connectivity index (χ4n) is 2.94. The van der Waals surface area contributed by atoms with Crippen molar-refractivity contribution in [2.24, 2.45) is 0 Å². The molecule has 0 spiro atoms. The maximum atomic E-state index is 12.3. The number of carbonyl (C=O) groups excluding carboxylic acids is 1. The highest BCUT2D eigenvalue weighted by Gasteiger charge is 2.19. The van der Waals surface area contributed by atoms with E-state index in [0.717, 1.165) is 36.4 Å². The van der Waals surface area contributed by atoms with Crippen molar-refractivity contribution in [2.45, 2.75) is 39.2 Å². The van der Waals surface area contributed by atoms with Crippen LogP contribution in [0.2, 0.25) is 0 Å². The molecular weight excluding hydrogens is 262 g/mol. The van der Waals surface area contributed by atoms with E-state index in [1.807, 2.05) is 25.1 Å². The minimum absolute atomic E-state index is 0.0366. The summed E-state index contributed by atoms with van der Waals surface area (Å²) in [6.07, 6.45) is 3.71. The lowest BCUT2D eigenvalue weighted by Gasteiger charge is -2.32. The number of hydrogen-bond acceptors (Lipinski definition) is 3. The van der Waals surface area contributed by atoms with Crippen LogP contribution < -0.4 is 10.6 Å². The van der Waals surface area contributed by atoms with Crippen LogP contribution >= 0.6 is 0 Å². The number of carbonyl (C=O) groups is 1. The fourth-order valence-corrected chi connectivity index (χ4v) is 2.94. The Balaban J connectivity index is 1.93. The number of rotatable bonds is 5. The van der Waals surface area contributed by atoms with Gasteiger partial charge in [-0.2, -0.15) is 0 Å². The predicted octanol–water partition coefficient (Wildman–Crippen LogP) is 2.64. The first-order valence-electron chi connectivity index (χ1n) is 7.94. The average Bonchev–Trinajstić information content (AvgIpc) is 2.46. The van der Waals surface area contributed by atoms with Crippen molar-refractivity contribution in [1.82, 2.24) is 10.2 Å². The van der Waals surface area contributed by atoms with Gasteiger partial charge in [-0.15, -0.1) is 0 Å². The van der Waals surface area contributed by atoms with Gasteiger partial charge in [0.15, 0.2) is 0 Å². The van der Waals surface area contributed by atoms with Gasteiger partial charge in [-0.1, -0.05) is 6.42 Å². The molecule has 1 aromatic rings. The van der Waals surface area contributed by atoms with Gasteiger partial charge in [0.1, 0.15) is 0 Å². The van der Waals surface area contributed by atoms with E-state index in [1.54, 1.807) is 0 Å². The summed E-state index contributed by atoms with van der Waals surface area (Å²) in [7, 11) is 2.15. The molecule has 1 heterocycles.